The van der Waals surface area contributed by atoms with E-state index in [0.717, 1.165) is 4.57 Å². The lowest BCUT2D eigenvalue weighted by molar-refractivity contribution is -0.135. The predicted molar refractivity (Wildman–Crippen MR) is 68.9 cm³/mol. The molecule has 1 aromatic heterocycles. The van der Waals surface area contributed by atoms with Crippen LogP contribution >= 0.6 is 0 Å². The van der Waals surface area contributed by atoms with Crippen LogP contribution in [0.2, 0.25) is 0 Å². The molecule has 1 saturated heterocycles. The maximum Gasteiger partial charge on any atom is 0.334 e. The molecule has 1 N–H and O–H groups in total. The maximum absolute atomic E-state index is 13.1. The van der Waals surface area contributed by atoms with Crippen molar-refractivity contribution in [2.45, 2.75) is 25.4 Å². The highest BCUT2D eigenvalue weighted by molar-refractivity contribution is 6.00. The standard InChI is InChI=1S/C13H11F2N3O3/c14-12(15)18-8-4-2-1-3-7(8)17(13(18)21)9-5-6-10(19)16-11(9)20/h1-4,9,12H,5-6H2,(H,16,19,20). The molecule has 3 rings (SSSR count). The molecule has 2 amide bonds. The fourth-order valence-electron chi connectivity index (χ4n) is 2.61. The molecule has 0 radical (unpaired) electrons. The zero-order valence-electron chi connectivity index (χ0n) is 10.8. The van der Waals surface area contributed by atoms with Crippen molar-refractivity contribution < 1.29 is 18.4 Å². The number of aromatic nitrogens is 2. The van der Waals surface area contributed by atoms with Crippen LogP contribution in [0.5, 0.6) is 0 Å². The van der Waals surface area contributed by atoms with Crippen LogP contribution in [-0.2, 0) is 9.59 Å². The van der Waals surface area contributed by atoms with Gasteiger partial charge >= 0.3 is 12.2 Å². The lowest BCUT2D eigenvalue weighted by atomic mass is 10.1. The van der Waals surface area contributed by atoms with E-state index in [-0.39, 0.29) is 23.9 Å². The number of imidazole rings is 1. The Morgan fingerprint density at radius 3 is 2.43 bits per heavy atom. The summed E-state index contributed by atoms with van der Waals surface area (Å²) in [7, 11) is 0. The van der Waals surface area contributed by atoms with Gasteiger partial charge in [0.05, 0.1) is 11.0 Å². The van der Waals surface area contributed by atoms with Gasteiger partial charge < -0.3 is 0 Å². The molecule has 2 aromatic rings. The summed E-state index contributed by atoms with van der Waals surface area (Å²) in [4.78, 5) is 35.3. The molecular formula is C13H11F2N3O3. The molecule has 1 atom stereocenters. The molecule has 0 saturated carbocycles. The summed E-state index contributed by atoms with van der Waals surface area (Å²) in [6, 6.07) is 5.07. The molecular weight excluding hydrogens is 284 g/mol. The largest absolute Gasteiger partial charge is 0.334 e. The molecule has 8 heteroatoms. The van der Waals surface area contributed by atoms with Crippen LogP contribution in [0.25, 0.3) is 11.0 Å². The Morgan fingerprint density at radius 1 is 1.14 bits per heavy atom. The zero-order chi connectivity index (χ0) is 15.1. The number of halogens is 2. The predicted octanol–water partition coefficient (Wildman–Crippen LogP) is 1.18. The monoisotopic (exact) mass is 295 g/mol. The van der Waals surface area contributed by atoms with E-state index in [4.69, 9.17) is 0 Å². The summed E-state index contributed by atoms with van der Waals surface area (Å²) >= 11 is 0. The van der Waals surface area contributed by atoms with Crippen LogP contribution in [-0.4, -0.2) is 20.9 Å². The number of piperidine rings is 1. The molecule has 0 aliphatic carbocycles. The van der Waals surface area contributed by atoms with E-state index in [1.54, 1.807) is 6.07 Å². The van der Waals surface area contributed by atoms with Gasteiger partial charge in [-0.2, -0.15) is 8.78 Å². The van der Waals surface area contributed by atoms with E-state index in [2.05, 4.69) is 5.32 Å². The number of alkyl halides is 2. The minimum absolute atomic E-state index is 0.0576. The minimum Gasteiger partial charge on any atom is -0.295 e. The molecule has 0 spiro atoms. The smallest absolute Gasteiger partial charge is 0.295 e. The first kappa shape index (κ1) is 13.5. The van der Waals surface area contributed by atoms with Crippen LogP contribution < -0.4 is 11.0 Å². The lowest BCUT2D eigenvalue weighted by Crippen LogP contribution is -2.44. The number of nitrogens with one attached hydrogen (secondary N) is 1. The number of hydrogen-bond acceptors (Lipinski definition) is 3. The van der Waals surface area contributed by atoms with Gasteiger partial charge in [0.25, 0.3) is 0 Å². The number of hydrogen-bond donors (Lipinski definition) is 1. The van der Waals surface area contributed by atoms with Crippen LogP contribution in [0.1, 0.15) is 25.4 Å². The first-order chi connectivity index (χ1) is 10.0. The summed E-state index contributed by atoms with van der Waals surface area (Å²) in [6.45, 7) is -3.00. The Hall–Kier alpha value is -2.51. The average Bonchev–Trinajstić information content (AvgIpc) is 2.71. The minimum atomic E-state index is -3.00. The SMILES string of the molecule is O=C1CCC(n2c(=O)n(C(F)F)c3ccccc32)C(=O)N1. The van der Waals surface area contributed by atoms with Gasteiger partial charge in [0, 0.05) is 6.42 Å². The Kier molecular flexibility index (Phi) is 3.08. The molecule has 21 heavy (non-hydrogen) atoms. The lowest BCUT2D eigenvalue weighted by Gasteiger charge is -2.21. The number of amides is 2. The highest BCUT2D eigenvalue weighted by Gasteiger charge is 2.32. The first-order valence-electron chi connectivity index (χ1n) is 6.34. The highest BCUT2D eigenvalue weighted by atomic mass is 19.3. The van der Waals surface area contributed by atoms with Gasteiger partial charge in [-0.05, 0) is 18.6 Å². The van der Waals surface area contributed by atoms with Gasteiger partial charge in [0.2, 0.25) is 11.8 Å². The van der Waals surface area contributed by atoms with E-state index in [1.165, 1.54) is 18.2 Å². The third kappa shape index (κ3) is 2.03. The normalized spacial score (nSPS) is 19.3. The molecule has 1 fully saturated rings. The van der Waals surface area contributed by atoms with Crippen molar-refractivity contribution in [3.63, 3.8) is 0 Å². The van der Waals surface area contributed by atoms with Gasteiger partial charge in [-0.25, -0.2) is 9.36 Å². The van der Waals surface area contributed by atoms with Crippen LogP contribution in [0.4, 0.5) is 8.78 Å². The van der Waals surface area contributed by atoms with Gasteiger partial charge in [-0.1, -0.05) is 12.1 Å². The van der Waals surface area contributed by atoms with E-state index < -0.39 is 30.1 Å². The summed E-state index contributed by atoms with van der Waals surface area (Å²) in [5.74, 6) is -1.08. The summed E-state index contributed by atoms with van der Waals surface area (Å²) in [5, 5.41) is 2.12. The molecule has 6 nitrogen and oxygen atoms in total. The number of nitrogens with zero attached hydrogens (tertiary/aromatic N) is 2. The molecule has 1 unspecified atom stereocenters. The van der Waals surface area contributed by atoms with Crippen molar-refractivity contribution in [3.8, 4) is 0 Å². The molecule has 1 aliphatic rings. The Labute approximate surface area is 117 Å². The third-order valence-corrected chi connectivity index (χ3v) is 3.53. The van der Waals surface area contributed by atoms with Crippen molar-refractivity contribution >= 4 is 22.8 Å². The second-order valence-electron chi connectivity index (χ2n) is 4.76. The molecule has 1 aromatic carbocycles. The quantitative estimate of drug-likeness (QED) is 0.845. The third-order valence-electron chi connectivity index (χ3n) is 3.53. The maximum atomic E-state index is 13.1. The summed E-state index contributed by atoms with van der Waals surface area (Å²) in [5.41, 5.74) is -0.653. The van der Waals surface area contributed by atoms with Crippen molar-refractivity contribution in [3.05, 3.63) is 34.7 Å². The first-order valence-corrected chi connectivity index (χ1v) is 6.34. The topological polar surface area (TPSA) is 73.1 Å². The van der Waals surface area contributed by atoms with Crippen molar-refractivity contribution in [1.29, 1.82) is 0 Å². The second kappa shape index (κ2) is 4.80. The van der Waals surface area contributed by atoms with Crippen molar-refractivity contribution in [1.82, 2.24) is 14.5 Å². The second-order valence-corrected chi connectivity index (χ2v) is 4.76. The van der Waals surface area contributed by atoms with Crippen LogP contribution in [0.15, 0.2) is 29.1 Å². The Bertz CT molecular complexity index is 794. The van der Waals surface area contributed by atoms with E-state index in [9.17, 15) is 23.2 Å². The van der Waals surface area contributed by atoms with E-state index in [0.29, 0.717) is 4.57 Å². The van der Waals surface area contributed by atoms with E-state index >= 15 is 0 Å². The molecule has 2 heterocycles. The number of carbonyl (C=O) groups is 2. The summed E-state index contributed by atoms with van der Waals surface area (Å²) in [6.07, 6.45) is 0.179. The van der Waals surface area contributed by atoms with Crippen LogP contribution in [0, 0.1) is 0 Å². The van der Waals surface area contributed by atoms with E-state index in [1.807, 2.05) is 0 Å². The van der Waals surface area contributed by atoms with Gasteiger partial charge in [-0.3, -0.25) is 19.5 Å². The molecule has 0 bridgehead atoms. The fraction of sp³-hybridized carbons (Fsp3) is 0.308. The van der Waals surface area contributed by atoms with Gasteiger partial charge in [0.1, 0.15) is 6.04 Å². The summed E-state index contributed by atoms with van der Waals surface area (Å²) < 4.78 is 27.6. The Balaban J connectivity index is 2.24. The van der Waals surface area contributed by atoms with Gasteiger partial charge in [0.15, 0.2) is 0 Å². The number of benzene rings is 1. The number of rotatable bonds is 2. The van der Waals surface area contributed by atoms with Crippen molar-refractivity contribution in [2.24, 2.45) is 0 Å². The van der Waals surface area contributed by atoms with Crippen molar-refractivity contribution in [2.75, 3.05) is 0 Å². The molecule has 1 aliphatic heterocycles. The molecule has 110 valence electrons. The number of carbonyl (C=O) groups excluding carboxylic acids is 2. The Morgan fingerprint density at radius 2 is 1.81 bits per heavy atom. The zero-order valence-corrected chi connectivity index (χ0v) is 10.8. The number of para-hydroxylation sites is 2. The van der Waals surface area contributed by atoms with Gasteiger partial charge in [-0.15, -0.1) is 0 Å². The fourth-order valence-corrected chi connectivity index (χ4v) is 2.61. The number of fused-ring (bicyclic) bond motifs is 1. The average molecular weight is 295 g/mol. The number of imide groups is 1. The highest BCUT2D eigenvalue weighted by Crippen LogP contribution is 2.25. The van der Waals surface area contributed by atoms with Crippen LogP contribution in [0.3, 0.4) is 0 Å².